The van der Waals surface area contributed by atoms with Gasteiger partial charge < -0.3 is 10.9 Å². The van der Waals surface area contributed by atoms with Crippen molar-refractivity contribution in [1.29, 1.82) is 0 Å². The van der Waals surface area contributed by atoms with Crippen molar-refractivity contribution in [2.75, 3.05) is 11.6 Å². The van der Waals surface area contributed by atoms with Crippen molar-refractivity contribution in [3.8, 4) is 0 Å². The molecule has 0 aliphatic heterocycles. The quantitative estimate of drug-likeness (QED) is 0.568. The summed E-state index contributed by atoms with van der Waals surface area (Å²) in [5.41, 5.74) is 0. The van der Waals surface area contributed by atoms with Gasteiger partial charge in [0.2, 0.25) is 5.16 Å². The number of nitrogen functional groups attached to an aromatic ring is 1. The average Bonchev–Trinajstić information content (AvgIpc) is 2.63. The zero-order valence-corrected chi connectivity index (χ0v) is 10.9. The zero-order valence-electron chi connectivity index (χ0n) is 10.1. The fraction of sp³-hybridized carbons (Fsp3) is 0.700. The third kappa shape index (κ3) is 3.62. The monoisotopic (exact) mass is 258 g/mol. The minimum Gasteiger partial charge on any atom is -0.481 e. The molecular weight excluding hydrogens is 240 g/mol. The molecule has 96 valence electrons. The van der Waals surface area contributed by atoms with Crippen LogP contribution in [0.3, 0.4) is 0 Å². The van der Waals surface area contributed by atoms with Crippen molar-refractivity contribution in [2.45, 2.75) is 44.2 Å². The van der Waals surface area contributed by atoms with E-state index in [0.717, 1.165) is 18.7 Å². The van der Waals surface area contributed by atoms with Crippen molar-refractivity contribution in [3.63, 3.8) is 0 Å². The average molecular weight is 258 g/mol. The van der Waals surface area contributed by atoms with E-state index >= 15 is 0 Å². The van der Waals surface area contributed by atoms with Crippen LogP contribution in [0.2, 0.25) is 0 Å². The van der Waals surface area contributed by atoms with Gasteiger partial charge in [-0.25, -0.2) is 4.68 Å². The Morgan fingerprint density at radius 1 is 1.47 bits per heavy atom. The predicted octanol–water partition coefficient (Wildman–Crippen LogP) is 1.46. The fourth-order valence-electron chi connectivity index (χ4n) is 1.55. The Morgan fingerprint density at radius 2 is 2.12 bits per heavy atom. The van der Waals surface area contributed by atoms with Crippen LogP contribution >= 0.6 is 11.8 Å². The molecule has 0 aliphatic rings. The summed E-state index contributed by atoms with van der Waals surface area (Å²) in [5, 5.41) is 17.2. The van der Waals surface area contributed by atoms with Gasteiger partial charge in [0, 0.05) is 11.7 Å². The first-order chi connectivity index (χ1) is 8.10. The summed E-state index contributed by atoms with van der Waals surface area (Å²) in [6.07, 6.45) is 2.02. The number of thioether (sulfide) groups is 1. The number of hydrogen-bond donors (Lipinski definition) is 2. The smallest absolute Gasteiger partial charge is 0.304 e. The Bertz CT molecular complexity index is 376. The van der Waals surface area contributed by atoms with Crippen LogP contribution in [0.25, 0.3) is 0 Å². The molecule has 1 aromatic heterocycles. The summed E-state index contributed by atoms with van der Waals surface area (Å²) in [4.78, 5) is 10.4. The SMILES string of the molecule is CCC(CC)c1nnc(SCCC(=O)O)n1N. The zero-order chi connectivity index (χ0) is 12.8. The number of nitrogens with zero attached hydrogens (tertiary/aromatic N) is 3. The lowest BCUT2D eigenvalue weighted by Gasteiger charge is -2.10. The Morgan fingerprint density at radius 3 is 2.65 bits per heavy atom. The summed E-state index contributed by atoms with van der Waals surface area (Å²) in [6, 6.07) is 0. The summed E-state index contributed by atoms with van der Waals surface area (Å²) >= 11 is 1.32. The first-order valence-electron chi connectivity index (χ1n) is 5.65. The van der Waals surface area contributed by atoms with Crippen molar-refractivity contribution in [3.05, 3.63) is 5.82 Å². The van der Waals surface area contributed by atoms with Crippen molar-refractivity contribution < 1.29 is 9.90 Å². The molecule has 1 rings (SSSR count). The van der Waals surface area contributed by atoms with Gasteiger partial charge in [-0.3, -0.25) is 4.79 Å². The van der Waals surface area contributed by atoms with Crippen LogP contribution < -0.4 is 5.84 Å². The number of carbonyl (C=O) groups is 1. The summed E-state index contributed by atoms with van der Waals surface area (Å²) in [5.74, 6) is 6.61. The van der Waals surface area contributed by atoms with E-state index in [0.29, 0.717) is 16.8 Å². The van der Waals surface area contributed by atoms with Crippen LogP contribution in [-0.4, -0.2) is 31.7 Å². The molecule has 0 saturated heterocycles. The van der Waals surface area contributed by atoms with Gasteiger partial charge in [-0.15, -0.1) is 10.2 Å². The summed E-state index contributed by atoms with van der Waals surface area (Å²) in [6.45, 7) is 4.17. The number of aromatic nitrogens is 3. The van der Waals surface area contributed by atoms with Crippen molar-refractivity contribution in [1.82, 2.24) is 14.9 Å². The number of rotatable bonds is 7. The van der Waals surface area contributed by atoms with Crippen LogP contribution in [0, 0.1) is 0 Å². The molecule has 3 N–H and O–H groups in total. The maximum absolute atomic E-state index is 10.4. The third-order valence-electron chi connectivity index (χ3n) is 2.59. The standard InChI is InChI=1S/C10H18N4O2S/c1-3-7(4-2)9-12-13-10(14(9)11)17-6-5-8(15)16/h7H,3-6,11H2,1-2H3,(H,15,16). The normalized spacial score (nSPS) is 11.0. The van der Waals surface area contributed by atoms with E-state index < -0.39 is 5.97 Å². The molecule has 17 heavy (non-hydrogen) atoms. The number of carboxylic acids is 1. The molecule has 0 atom stereocenters. The van der Waals surface area contributed by atoms with Gasteiger partial charge in [-0.05, 0) is 12.8 Å². The Hall–Kier alpha value is -1.24. The molecule has 0 spiro atoms. The minimum atomic E-state index is -0.819. The molecule has 0 aliphatic carbocycles. The Labute approximate surface area is 105 Å². The van der Waals surface area contributed by atoms with Gasteiger partial charge in [0.15, 0.2) is 5.82 Å². The van der Waals surface area contributed by atoms with Gasteiger partial charge in [-0.2, -0.15) is 0 Å². The van der Waals surface area contributed by atoms with E-state index in [1.165, 1.54) is 16.4 Å². The first-order valence-corrected chi connectivity index (χ1v) is 6.63. The van der Waals surface area contributed by atoms with Gasteiger partial charge in [0.1, 0.15) is 0 Å². The maximum atomic E-state index is 10.4. The molecule has 7 heteroatoms. The maximum Gasteiger partial charge on any atom is 0.304 e. The van der Waals surface area contributed by atoms with Crippen LogP contribution in [0.15, 0.2) is 5.16 Å². The van der Waals surface area contributed by atoms with E-state index in [1.807, 2.05) is 0 Å². The highest BCUT2D eigenvalue weighted by molar-refractivity contribution is 7.99. The molecule has 1 heterocycles. The predicted molar refractivity (Wildman–Crippen MR) is 66.5 cm³/mol. The second kappa shape index (κ2) is 6.48. The highest BCUT2D eigenvalue weighted by Gasteiger charge is 2.17. The number of carboxylic acid groups (broad SMARTS) is 1. The van der Waals surface area contributed by atoms with E-state index in [-0.39, 0.29) is 6.42 Å². The highest BCUT2D eigenvalue weighted by atomic mass is 32.2. The van der Waals surface area contributed by atoms with Crippen molar-refractivity contribution in [2.24, 2.45) is 0 Å². The van der Waals surface area contributed by atoms with E-state index in [9.17, 15) is 4.79 Å². The summed E-state index contributed by atoms with van der Waals surface area (Å²) in [7, 11) is 0. The lowest BCUT2D eigenvalue weighted by molar-refractivity contribution is -0.136. The largest absolute Gasteiger partial charge is 0.481 e. The van der Waals surface area contributed by atoms with E-state index in [1.54, 1.807) is 0 Å². The van der Waals surface area contributed by atoms with E-state index in [2.05, 4.69) is 24.0 Å². The van der Waals surface area contributed by atoms with Crippen LogP contribution in [0.4, 0.5) is 0 Å². The fourth-order valence-corrected chi connectivity index (χ4v) is 2.34. The number of hydrogen-bond acceptors (Lipinski definition) is 5. The van der Waals surface area contributed by atoms with Gasteiger partial charge in [-0.1, -0.05) is 25.6 Å². The van der Waals surface area contributed by atoms with Crippen LogP contribution in [-0.2, 0) is 4.79 Å². The topological polar surface area (TPSA) is 94.0 Å². The third-order valence-corrected chi connectivity index (χ3v) is 3.53. The van der Waals surface area contributed by atoms with E-state index in [4.69, 9.17) is 10.9 Å². The van der Waals surface area contributed by atoms with Gasteiger partial charge in [0.05, 0.1) is 6.42 Å². The molecule has 0 bridgehead atoms. The molecule has 0 fully saturated rings. The molecule has 0 aromatic carbocycles. The molecule has 0 radical (unpaired) electrons. The molecule has 0 saturated carbocycles. The molecular formula is C10H18N4O2S. The molecule has 0 amide bonds. The highest BCUT2D eigenvalue weighted by Crippen LogP contribution is 2.23. The molecule has 0 unspecified atom stereocenters. The number of nitrogens with two attached hydrogens (primary N) is 1. The van der Waals surface area contributed by atoms with Crippen LogP contribution in [0.5, 0.6) is 0 Å². The lowest BCUT2D eigenvalue weighted by Crippen LogP contribution is -2.16. The second-order valence-electron chi connectivity index (χ2n) is 3.72. The summed E-state index contributed by atoms with van der Waals surface area (Å²) < 4.78 is 1.48. The van der Waals surface area contributed by atoms with Gasteiger partial charge in [0.25, 0.3) is 0 Å². The van der Waals surface area contributed by atoms with Gasteiger partial charge >= 0.3 is 5.97 Å². The second-order valence-corrected chi connectivity index (χ2v) is 4.78. The molecule has 1 aromatic rings. The Balaban J connectivity index is 2.66. The Kier molecular flexibility index (Phi) is 5.27. The minimum absolute atomic E-state index is 0.0951. The first kappa shape index (κ1) is 13.8. The lowest BCUT2D eigenvalue weighted by atomic mass is 10.0. The van der Waals surface area contributed by atoms with Crippen molar-refractivity contribution >= 4 is 17.7 Å². The number of aliphatic carboxylic acids is 1. The molecule has 6 nitrogen and oxygen atoms in total. The van der Waals surface area contributed by atoms with Crippen LogP contribution in [0.1, 0.15) is 44.9 Å².